The zero-order valence-electron chi connectivity index (χ0n) is 7.83. The smallest absolute Gasteiger partial charge is 0.233 e. The summed E-state index contributed by atoms with van der Waals surface area (Å²) in [6.45, 7) is 6.38. The van der Waals surface area contributed by atoms with E-state index in [0.29, 0.717) is 6.54 Å². The molecule has 2 aliphatic rings. The Hall–Kier alpha value is -0.860. The first-order chi connectivity index (χ1) is 5.75. The van der Waals surface area contributed by atoms with Gasteiger partial charge in [0.25, 0.3) is 0 Å². The normalized spacial score (nSPS) is 31.1. The molecule has 0 aromatic carbocycles. The summed E-state index contributed by atoms with van der Waals surface area (Å²) in [4.78, 5) is 23.5. The van der Waals surface area contributed by atoms with Crippen LogP contribution in [0.4, 0.5) is 0 Å². The van der Waals surface area contributed by atoms with Gasteiger partial charge in [0.15, 0.2) is 0 Å². The number of imide groups is 1. The lowest BCUT2D eigenvalue weighted by molar-refractivity contribution is -0.140. The average Bonchev–Trinajstić information content (AvgIpc) is 2.83. The predicted molar refractivity (Wildman–Crippen MR) is 45.3 cm³/mol. The molecule has 0 aromatic heterocycles. The van der Waals surface area contributed by atoms with Crippen LogP contribution in [-0.2, 0) is 9.59 Å². The van der Waals surface area contributed by atoms with Crippen molar-refractivity contribution in [3.63, 3.8) is 0 Å². The molecule has 0 aromatic rings. The second-order valence-electron chi connectivity index (χ2n) is 2.87. The number of hydrogen-bond acceptors (Lipinski definition) is 2. The summed E-state index contributed by atoms with van der Waals surface area (Å²) in [5, 5.41) is 0. The molecule has 1 aliphatic carbocycles. The Labute approximate surface area is 72.7 Å². The monoisotopic (exact) mass is 169 g/mol. The van der Waals surface area contributed by atoms with Gasteiger partial charge in [-0.15, -0.1) is 0 Å². The van der Waals surface area contributed by atoms with Crippen molar-refractivity contribution in [2.24, 2.45) is 11.8 Å². The molecule has 1 heterocycles. The molecule has 0 N–H and O–H groups in total. The molecule has 2 fully saturated rings. The lowest BCUT2D eigenvalue weighted by Gasteiger charge is -2.12. The predicted octanol–water partition coefficient (Wildman–Crippen LogP) is 1.04. The molecule has 1 aliphatic heterocycles. The van der Waals surface area contributed by atoms with E-state index in [-0.39, 0.29) is 23.7 Å². The largest absolute Gasteiger partial charge is 0.282 e. The van der Waals surface area contributed by atoms with Crippen LogP contribution in [-0.4, -0.2) is 23.3 Å². The molecular weight excluding hydrogens is 154 g/mol. The minimum absolute atomic E-state index is 0.0532. The second kappa shape index (κ2) is 3.25. The number of fused-ring (bicyclic) bond motifs is 1. The van der Waals surface area contributed by atoms with E-state index >= 15 is 0 Å². The molecule has 2 amide bonds. The zero-order valence-corrected chi connectivity index (χ0v) is 7.83. The van der Waals surface area contributed by atoms with E-state index in [9.17, 15) is 9.59 Å². The molecule has 0 radical (unpaired) electrons. The molecule has 2 rings (SSSR count). The summed E-state index contributed by atoms with van der Waals surface area (Å²) in [5.41, 5.74) is 0. The summed E-state index contributed by atoms with van der Waals surface area (Å²) in [6, 6.07) is 0. The zero-order chi connectivity index (χ0) is 9.30. The molecule has 12 heavy (non-hydrogen) atoms. The van der Waals surface area contributed by atoms with Crippen molar-refractivity contribution in [2.45, 2.75) is 27.2 Å². The molecule has 3 nitrogen and oxygen atoms in total. The summed E-state index contributed by atoms with van der Waals surface area (Å²) in [6.07, 6.45) is 0.814. The number of piperidine rings is 1. The maximum atomic E-state index is 11.1. The highest BCUT2D eigenvalue weighted by molar-refractivity contribution is 6.08. The van der Waals surface area contributed by atoms with Crippen LogP contribution in [0.5, 0.6) is 0 Å². The van der Waals surface area contributed by atoms with E-state index < -0.39 is 0 Å². The molecule has 2 atom stereocenters. The van der Waals surface area contributed by atoms with Crippen LogP contribution in [0.15, 0.2) is 0 Å². The van der Waals surface area contributed by atoms with Crippen LogP contribution < -0.4 is 0 Å². The minimum atomic E-state index is 0.0532. The highest BCUT2D eigenvalue weighted by Gasteiger charge is 2.58. The SMILES string of the molecule is CC.CCN1C(=O)C2CC2C1=O. The minimum Gasteiger partial charge on any atom is -0.282 e. The molecule has 2 unspecified atom stereocenters. The number of carbonyl (C=O) groups excluding carboxylic acids is 2. The number of nitrogens with zero attached hydrogens (tertiary/aromatic N) is 1. The van der Waals surface area contributed by atoms with Crippen LogP contribution in [0.25, 0.3) is 0 Å². The number of rotatable bonds is 1. The van der Waals surface area contributed by atoms with Crippen LogP contribution >= 0.6 is 0 Å². The summed E-state index contributed by atoms with van der Waals surface area (Å²) in [7, 11) is 0. The van der Waals surface area contributed by atoms with E-state index in [2.05, 4.69) is 0 Å². The Morgan fingerprint density at radius 3 is 1.92 bits per heavy atom. The van der Waals surface area contributed by atoms with Gasteiger partial charge in [-0.1, -0.05) is 13.8 Å². The van der Waals surface area contributed by atoms with Gasteiger partial charge in [0, 0.05) is 6.54 Å². The fourth-order valence-corrected chi connectivity index (χ4v) is 1.56. The molecule has 68 valence electrons. The van der Waals surface area contributed by atoms with E-state index in [0.717, 1.165) is 6.42 Å². The highest BCUT2D eigenvalue weighted by atomic mass is 16.2. The fraction of sp³-hybridized carbons (Fsp3) is 0.778. The summed E-state index contributed by atoms with van der Waals surface area (Å²) in [5.74, 6) is 0.259. The number of carbonyl (C=O) groups is 2. The molecule has 0 bridgehead atoms. The summed E-state index contributed by atoms with van der Waals surface area (Å²) < 4.78 is 0. The number of amides is 2. The van der Waals surface area contributed by atoms with E-state index in [1.807, 2.05) is 20.8 Å². The maximum absolute atomic E-state index is 11.1. The Balaban J connectivity index is 0.000000336. The third-order valence-corrected chi connectivity index (χ3v) is 2.27. The summed E-state index contributed by atoms with van der Waals surface area (Å²) >= 11 is 0. The molecule has 1 saturated carbocycles. The van der Waals surface area contributed by atoms with E-state index in [4.69, 9.17) is 0 Å². The van der Waals surface area contributed by atoms with Gasteiger partial charge in [0.1, 0.15) is 0 Å². The highest BCUT2D eigenvalue weighted by Crippen LogP contribution is 2.46. The van der Waals surface area contributed by atoms with Crippen LogP contribution in [0.1, 0.15) is 27.2 Å². The van der Waals surface area contributed by atoms with Gasteiger partial charge in [-0.05, 0) is 13.3 Å². The molecule has 0 spiro atoms. The van der Waals surface area contributed by atoms with Gasteiger partial charge in [-0.25, -0.2) is 0 Å². The van der Waals surface area contributed by atoms with Crippen LogP contribution in [0, 0.1) is 11.8 Å². The lowest BCUT2D eigenvalue weighted by atomic mass is 10.4. The van der Waals surface area contributed by atoms with Gasteiger partial charge in [0.05, 0.1) is 11.8 Å². The number of hydrogen-bond donors (Lipinski definition) is 0. The maximum Gasteiger partial charge on any atom is 0.233 e. The topological polar surface area (TPSA) is 37.4 Å². The van der Waals surface area contributed by atoms with E-state index in [1.165, 1.54) is 4.90 Å². The molecule has 3 heteroatoms. The molecular formula is C9H15NO2. The Morgan fingerprint density at radius 2 is 1.67 bits per heavy atom. The van der Waals surface area contributed by atoms with Gasteiger partial charge < -0.3 is 0 Å². The Bertz CT molecular complexity index is 193. The Kier molecular flexibility index (Phi) is 2.50. The van der Waals surface area contributed by atoms with Crippen molar-refractivity contribution in [3.05, 3.63) is 0 Å². The number of likely N-dealkylation sites (tertiary alicyclic amines) is 1. The lowest BCUT2D eigenvalue weighted by Crippen LogP contribution is -2.32. The third kappa shape index (κ3) is 1.13. The van der Waals surface area contributed by atoms with Gasteiger partial charge in [-0.2, -0.15) is 0 Å². The van der Waals surface area contributed by atoms with Gasteiger partial charge in [-0.3, -0.25) is 14.5 Å². The quantitative estimate of drug-likeness (QED) is 0.550. The van der Waals surface area contributed by atoms with Crippen molar-refractivity contribution in [1.29, 1.82) is 0 Å². The van der Waals surface area contributed by atoms with Gasteiger partial charge >= 0.3 is 0 Å². The second-order valence-corrected chi connectivity index (χ2v) is 2.87. The van der Waals surface area contributed by atoms with Crippen molar-refractivity contribution in [2.75, 3.05) is 6.54 Å². The third-order valence-electron chi connectivity index (χ3n) is 2.27. The van der Waals surface area contributed by atoms with Crippen molar-refractivity contribution >= 4 is 11.8 Å². The van der Waals surface area contributed by atoms with Crippen LogP contribution in [0.3, 0.4) is 0 Å². The van der Waals surface area contributed by atoms with E-state index in [1.54, 1.807) is 0 Å². The first-order valence-electron chi connectivity index (χ1n) is 4.61. The van der Waals surface area contributed by atoms with Gasteiger partial charge in [0.2, 0.25) is 11.8 Å². The van der Waals surface area contributed by atoms with Crippen molar-refractivity contribution < 1.29 is 9.59 Å². The standard InChI is InChI=1S/C7H9NO2.C2H6/c1-2-8-6(9)4-3-5(4)7(8)10;1-2/h4-5H,2-3H2,1H3;1-2H3. The van der Waals surface area contributed by atoms with Crippen molar-refractivity contribution in [3.8, 4) is 0 Å². The van der Waals surface area contributed by atoms with Crippen LogP contribution in [0.2, 0.25) is 0 Å². The first kappa shape index (κ1) is 9.23. The molecule has 1 saturated heterocycles. The van der Waals surface area contributed by atoms with Crippen molar-refractivity contribution in [1.82, 2.24) is 4.90 Å². The Morgan fingerprint density at radius 1 is 1.25 bits per heavy atom. The average molecular weight is 169 g/mol. The first-order valence-corrected chi connectivity index (χ1v) is 4.61. The fourth-order valence-electron chi connectivity index (χ4n) is 1.56.